The van der Waals surface area contributed by atoms with Crippen molar-refractivity contribution >= 4 is 23.5 Å². The van der Waals surface area contributed by atoms with Gasteiger partial charge in [0.25, 0.3) is 0 Å². The number of alkyl halides is 1. The van der Waals surface area contributed by atoms with Crippen molar-refractivity contribution in [2.24, 2.45) is 17.3 Å². The molecule has 0 bridgehead atoms. The second-order valence-electron chi connectivity index (χ2n) is 12.6. The Kier molecular flexibility index (Phi) is 8.02. The molecule has 2 fully saturated rings. The van der Waals surface area contributed by atoms with Crippen LogP contribution < -0.4 is 15.4 Å². The minimum Gasteiger partial charge on any atom is -0.425 e. The molecule has 1 amide bonds. The Morgan fingerprint density at radius 3 is 2.54 bits per heavy atom. The Labute approximate surface area is 232 Å². The van der Waals surface area contributed by atoms with Crippen molar-refractivity contribution in [3.63, 3.8) is 0 Å². The Morgan fingerprint density at radius 2 is 1.95 bits per heavy atom. The van der Waals surface area contributed by atoms with Gasteiger partial charge < -0.3 is 20.5 Å². The second-order valence-corrected chi connectivity index (χ2v) is 13.1. The molecule has 1 unspecified atom stereocenters. The number of hydrogen-bond donors (Lipinski definition) is 3. The van der Waals surface area contributed by atoms with E-state index in [1.807, 2.05) is 20.8 Å². The Hall–Kier alpha value is -2.36. The van der Waals surface area contributed by atoms with Gasteiger partial charge in [0.1, 0.15) is 17.8 Å². The van der Waals surface area contributed by atoms with Gasteiger partial charge in [-0.1, -0.05) is 51.4 Å². The average molecular weight is 569 g/mol. The smallest absolute Gasteiger partial charge is 0.324 e. The summed E-state index contributed by atoms with van der Waals surface area (Å²) in [6, 6.07) is 0.0759. The molecule has 1 spiro atoms. The fourth-order valence-corrected chi connectivity index (χ4v) is 6.58. The third-order valence-electron chi connectivity index (χ3n) is 8.03. The van der Waals surface area contributed by atoms with Crippen molar-refractivity contribution in [2.75, 3.05) is 6.67 Å². The van der Waals surface area contributed by atoms with Crippen molar-refractivity contribution in [1.82, 2.24) is 10.6 Å². The number of aliphatic hydroxyl groups is 1. The van der Waals surface area contributed by atoms with Gasteiger partial charge in [-0.15, -0.1) is 0 Å². The highest BCUT2D eigenvalue weighted by molar-refractivity contribution is 6.29. The summed E-state index contributed by atoms with van der Waals surface area (Å²) < 4.78 is 47.4. The van der Waals surface area contributed by atoms with E-state index in [4.69, 9.17) is 16.3 Å². The summed E-state index contributed by atoms with van der Waals surface area (Å²) >= 11 is 5.82. The third kappa shape index (κ3) is 5.63. The molecule has 10 heteroatoms. The summed E-state index contributed by atoms with van der Waals surface area (Å²) in [5.41, 5.74) is -2.49. The lowest BCUT2D eigenvalue weighted by Crippen LogP contribution is -2.58. The van der Waals surface area contributed by atoms with E-state index in [0.29, 0.717) is 19.3 Å². The van der Waals surface area contributed by atoms with E-state index >= 15 is 0 Å². The van der Waals surface area contributed by atoms with Gasteiger partial charge in [-0.05, 0) is 49.7 Å². The van der Waals surface area contributed by atoms with Gasteiger partial charge in [-0.3, -0.25) is 9.59 Å². The highest BCUT2D eigenvalue weighted by Crippen LogP contribution is 2.56. The van der Waals surface area contributed by atoms with Crippen LogP contribution in [0.3, 0.4) is 0 Å². The van der Waals surface area contributed by atoms with Gasteiger partial charge in [0.15, 0.2) is 11.6 Å². The molecule has 3 N–H and O–H groups in total. The van der Waals surface area contributed by atoms with Crippen molar-refractivity contribution in [2.45, 2.75) is 83.0 Å². The minimum atomic E-state index is -1.51. The van der Waals surface area contributed by atoms with E-state index in [1.165, 1.54) is 6.08 Å². The zero-order chi connectivity index (χ0) is 28.9. The molecule has 4 rings (SSSR count). The normalized spacial score (nSPS) is 33.3. The lowest BCUT2D eigenvalue weighted by molar-refractivity contribution is -0.141. The second kappa shape index (κ2) is 10.6. The van der Waals surface area contributed by atoms with Crippen LogP contribution in [-0.4, -0.2) is 47.4 Å². The van der Waals surface area contributed by atoms with Crippen LogP contribution in [0.15, 0.2) is 35.4 Å². The van der Waals surface area contributed by atoms with Crippen LogP contribution in [0.1, 0.15) is 59.4 Å². The first-order valence-corrected chi connectivity index (χ1v) is 13.6. The monoisotopic (exact) mass is 568 g/mol. The van der Waals surface area contributed by atoms with E-state index < -0.39 is 59.2 Å². The number of amides is 1. The molecule has 39 heavy (non-hydrogen) atoms. The Morgan fingerprint density at radius 1 is 1.31 bits per heavy atom. The number of ether oxygens (including phenoxy) is 1. The van der Waals surface area contributed by atoms with Crippen LogP contribution in [-0.2, 0) is 15.0 Å². The number of esters is 1. The van der Waals surface area contributed by atoms with E-state index in [2.05, 4.69) is 10.6 Å². The quantitative estimate of drug-likeness (QED) is 0.249. The fraction of sp³-hybridized carbons (Fsp3) is 0.586. The van der Waals surface area contributed by atoms with Gasteiger partial charge in [0.2, 0.25) is 5.91 Å². The molecule has 1 aromatic carbocycles. The standard InChI is InChI=1S/C29H36ClF3N2O4/c1-15(7-6-8-16(30)14-31)23-24(25(36)34-17-11-28(5,38)12-17)35-22(13-27(2,3)4)29(23)18-9-19(32)20(33)10-21(18)39-26(29)37/h6-10,15,17,22-24,35,38H,11-14H2,1-5H3,(H,34,36)/b7-6-,16-8+/t15?,17-,22-,23+,24-,28+,29+/m1/s1. The number of rotatable bonds is 7. The van der Waals surface area contributed by atoms with Gasteiger partial charge in [-0.2, -0.15) is 0 Å². The van der Waals surface area contributed by atoms with Crippen molar-refractivity contribution in [3.8, 4) is 5.75 Å². The van der Waals surface area contributed by atoms with Crippen molar-refractivity contribution in [1.29, 1.82) is 0 Å². The number of allylic oxidation sites excluding steroid dienone is 4. The Bertz CT molecular complexity index is 1200. The summed E-state index contributed by atoms with van der Waals surface area (Å²) in [6.07, 6.45) is 5.87. The maximum atomic E-state index is 14.7. The van der Waals surface area contributed by atoms with Crippen LogP contribution in [0, 0.1) is 28.9 Å². The Balaban J connectivity index is 1.84. The van der Waals surface area contributed by atoms with Gasteiger partial charge in [-0.25, -0.2) is 13.2 Å². The first-order chi connectivity index (χ1) is 18.1. The number of hydrogen-bond acceptors (Lipinski definition) is 5. The molecule has 3 aliphatic rings. The molecule has 1 saturated heterocycles. The molecule has 0 radical (unpaired) electrons. The molecule has 1 aliphatic carbocycles. The first kappa shape index (κ1) is 29.6. The number of nitrogens with one attached hydrogen (secondary N) is 2. The zero-order valence-corrected chi connectivity index (χ0v) is 23.5. The molecule has 0 aromatic heterocycles. The molecule has 2 aliphatic heterocycles. The summed E-state index contributed by atoms with van der Waals surface area (Å²) in [7, 11) is 0. The molecule has 2 heterocycles. The number of carbonyl (C=O) groups is 2. The van der Waals surface area contributed by atoms with Gasteiger partial charge in [0, 0.05) is 34.7 Å². The van der Waals surface area contributed by atoms with E-state index in [1.54, 1.807) is 26.0 Å². The maximum Gasteiger partial charge on any atom is 0.324 e. The maximum absolute atomic E-state index is 14.7. The molecule has 214 valence electrons. The molecule has 1 saturated carbocycles. The highest BCUT2D eigenvalue weighted by Gasteiger charge is 2.68. The summed E-state index contributed by atoms with van der Waals surface area (Å²) in [5, 5.41) is 16.5. The summed E-state index contributed by atoms with van der Waals surface area (Å²) in [6.45, 7) is 8.62. The van der Waals surface area contributed by atoms with E-state index in [0.717, 1.165) is 12.1 Å². The largest absolute Gasteiger partial charge is 0.425 e. The topological polar surface area (TPSA) is 87.7 Å². The zero-order valence-electron chi connectivity index (χ0n) is 22.8. The number of halogens is 4. The lowest BCUT2D eigenvalue weighted by Gasteiger charge is -2.42. The molecule has 6 nitrogen and oxygen atoms in total. The lowest BCUT2D eigenvalue weighted by atomic mass is 9.61. The number of benzene rings is 1. The SMILES string of the molecule is CC(/C=C\C=C(\Cl)CF)[C@H]1[C@H](C(=O)N[C@H]2C[C@@](C)(O)C2)N[C@H](CC(C)(C)C)[C@]12C(=O)Oc1cc(F)c(F)cc12. The minimum absolute atomic E-state index is 0.0159. The van der Waals surface area contributed by atoms with Gasteiger partial charge in [0.05, 0.1) is 11.6 Å². The highest BCUT2D eigenvalue weighted by atomic mass is 35.5. The summed E-state index contributed by atoms with van der Waals surface area (Å²) in [4.78, 5) is 27.6. The fourth-order valence-electron chi connectivity index (χ4n) is 6.51. The molecular formula is C29H36ClF3N2O4. The van der Waals surface area contributed by atoms with Crippen LogP contribution in [0.5, 0.6) is 5.75 Å². The first-order valence-electron chi connectivity index (χ1n) is 13.2. The van der Waals surface area contributed by atoms with E-state index in [-0.39, 0.29) is 33.7 Å². The predicted molar refractivity (Wildman–Crippen MR) is 142 cm³/mol. The third-order valence-corrected chi connectivity index (χ3v) is 8.25. The summed E-state index contributed by atoms with van der Waals surface area (Å²) in [5.74, 6) is -4.65. The van der Waals surface area contributed by atoms with Crippen LogP contribution >= 0.6 is 11.6 Å². The number of fused-ring (bicyclic) bond motifs is 2. The van der Waals surface area contributed by atoms with E-state index in [9.17, 15) is 27.9 Å². The van der Waals surface area contributed by atoms with Gasteiger partial charge >= 0.3 is 5.97 Å². The molecular weight excluding hydrogens is 533 g/mol. The van der Waals surface area contributed by atoms with Crippen molar-refractivity contribution < 1.29 is 32.6 Å². The molecule has 1 aromatic rings. The average Bonchev–Trinajstić information content (AvgIpc) is 3.27. The van der Waals surface area contributed by atoms with Crippen LogP contribution in [0.4, 0.5) is 13.2 Å². The van der Waals surface area contributed by atoms with Crippen LogP contribution in [0.2, 0.25) is 0 Å². The van der Waals surface area contributed by atoms with Crippen molar-refractivity contribution in [3.05, 3.63) is 52.6 Å². The predicted octanol–water partition coefficient (Wildman–Crippen LogP) is 4.83. The molecule has 5 atom stereocenters. The van der Waals surface area contributed by atoms with Crippen LogP contribution in [0.25, 0.3) is 0 Å². The number of carbonyl (C=O) groups excluding carboxylic acids is 2.